The lowest BCUT2D eigenvalue weighted by atomic mass is 9.86. The van der Waals surface area contributed by atoms with Crippen LogP contribution in [-0.2, 0) is 14.3 Å². The smallest absolute Gasteiger partial charge is 0.411 e. The quantitative estimate of drug-likeness (QED) is 0.710. The molecule has 1 N–H and O–H groups in total. The Morgan fingerprint density at radius 1 is 1.36 bits per heavy atom. The third-order valence-corrected chi connectivity index (χ3v) is 5.70. The van der Waals surface area contributed by atoms with Gasteiger partial charge in [-0.2, -0.15) is 0 Å². The third-order valence-electron chi connectivity index (χ3n) is 5.70. The highest BCUT2D eigenvalue weighted by Gasteiger charge is 2.62. The lowest BCUT2D eigenvalue weighted by Gasteiger charge is -2.50. The Balaban J connectivity index is 2.19. The molecule has 0 aromatic carbocycles. The number of amides is 3. The van der Waals surface area contributed by atoms with Crippen molar-refractivity contribution < 1.29 is 24.2 Å². The van der Waals surface area contributed by atoms with Gasteiger partial charge in [0, 0.05) is 27.2 Å². The minimum Gasteiger partial charge on any atom is -0.444 e. The molecule has 1 spiro atoms. The molecule has 0 saturated carbocycles. The topological polar surface area (TPSA) is 90.4 Å². The summed E-state index contributed by atoms with van der Waals surface area (Å²) in [7, 11) is 5.06. The molecule has 0 aromatic heterocycles. The van der Waals surface area contributed by atoms with Gasteiger partial charge in [0.2, 0.25) is 11.8 Å². The summed E-state index contributed by atoms with van der Waals surface area (Å²) in [5, 5.41) is 10.1. The normalized spacial score (nSPS) is 26.9. The third kappa shape index (κ3) is 4.26. The van der Waals surface area contributed by atoms with Gasteiger partial charge in [0.25, 0.3) is 0 Å². The van der Waals surface area contributed by atoms with Crippen molar-refractivity contribution in [1.82, 2.24) is 14.7 Å². The lowest BCUT2D eigenvalue weighted by molar-refractivity contribution is -0.159. The zero-order valence-electron chi connectivity index (χ0n) is 18.2. The van der Waals surface area contributed by atoms with E-state index in [-0.39, 0.29) is 17.9 Å². The van der Waals surface area contributed by atoms with Crippen LogP contribution in [-0.4, -0.2) is 88.7 Å². The zero-order valence-corrected chi connectivity index (χ0v) is 18.2. The summed E-state index contributed by atoms with van der Waals surface area (Å²) in [6, 6.07) is -0.191. The molecule has 0 bridgehead atoms. The maximum atomic E-state index is 13.0. The van der Waals surface area contributed by atoms with Crippen LogP contribution in [0.5, 0.6) is 0 Å². The molecule has 28 heavy (non-hydrogen) atoms. The zero-order chi connectivity index (χ0) is 21.4. The Morgan fingerprint density at radius 3 is 2.39 bits per heavy atom. The molecule has 2 heterocycles. The molecule has 2 rings (SSSR count). The fraction of sp³-hybridized carbons (Fsp3) is 0.850. The van der Waals surface area contributed by atoms with Gasteiger partial charge < -0.3 is 19.6 Å². The summed E-state index contributed by atoms with van der Waals surface area (Å²) >= 11 is 0. The first-order valence-corrected chi connectivity index (χ1v) is 9.97. The van der Waals surface area contributed by atoms with Gasteiger partial charge in [0.15, 0.2) is 0 Å². The number of β-lactam (4-membered cyclic amide) rings is 1. The van der Waals surface area contributed by atoms with E-state index in [1.54, 1.807) is 58.6 Å². The summed E-state index contributed by atoms with van der Waals surface area (Å²) < 4.78 is 5.60. The van der Waals surface area contributed by atoms with Crippen LogP contribution in [0.3, 0.4) is 0 Å². The van der Waals surface area contributed by atoms with Crippen molar-refractivity contribution in [1.29, 1.82) is 0 Å². The SMILES string of the molecule is C[C@@H](O)[C@H](CCC1CCC2(CN(C)C2=O)N1C(=O)OC(C)(C)C)C(=O)N(C)C. The van der Waals surface area contributed by atoms with Crippen molar-refractivity contribution in [2.45, 2.75) is 76.7 Å². The fourth-order valence-electron chi connectivity index (χ4n) is 4.35. The van der Waals surface area contributed by atoms with Crippen molar-refractivity contribution in [2.75, 3.05) is 27.7 Å². The average molecular weight is 398 g/mol. The second kappa shape index (κ2) is 7.89. The number of carbonyl (C=O) groups is 3. The van der Waals surface area contributed by atoms with E-state index in [0.29, 0.717) is 32.2 Å². The van der Waals surface area contributed by atoms with Gasteiger partial charge in [-0.1, -0.05) is 0 Å². The van der Waals surface area contributed by atoms with Gasteiger partial charge in [-0.3, -0.25) is 14.5 Å². The summed E-state index contributed by atoms with van der Waals surface area (Å²) in [6.07, 6.45) is 0.995. The fourth-order valence-corrected chi connectivity index (χ4v) is 4.35. The number of nitrogens with zero attached hydrogens (tertiary/aromatic N) is 3. The lowest BCUT2D eigenvalue weighted by Crippen LogP contribution is -2.72. The molecule has 4 atom stereocenters. The molecular weight excluding hydrogens is 362 g/mol. The summed E-state index contributed by atoms with van der Waals surface area (Å²) in [6.45, 7) is 7.51. The second-order valence-electron chi connectivity index (χ2n) is 9.39. The van der Waals surface area contributed by atoms with Crippen LogP contribution in [0.2, 0.25) is 0 Å². The maximum absolute atomic E-state index is 13.0. The van der Waals surface area contributed by atoms with Gasteiger partial charge in [-0.05, 0) is 53.4 Å². The van der Waals surface area contributed by atoms with Gasteiger partial charge in [-0.25, -0.2) is 4.79 Å². The molecule has 2 saturated heterocycles. The highest BCUT2D eigenvalue weighted by atomic mass is 16.6. The average Bonchev–Trinajstić information content (AvgIpc) is 2.93. The summed E-state index contributed by atoms with van der Waals surface area (Å²) in [4.78, 5) is 42.7. The minimum atomic E-state index is -0.826. The van der Waals surface area contributed by atoms with Crippen LogP contribution in [0.15, 0.2) is 0 Å². The van der Waals surface area contributed by atoms with Crippen LogP contribution in [0, 0.1) is 5.92 Å². The molecule has 2 aliphatic heterocycles. The number of carbonyl (C=O) groups excluding carboxylic acids is 3. The molecule has 0 radical (unpaired) electrons. The number of aliphatic hydroxyl groups excluding tert-OH is 1. The van der Waals surface area contributed by atoms with E-state index in [0.717, 1.165) is 0 Å². The van der Waals surface area contributed by atoms with Crippen LogP contribution >= 0.6 is 0 Å². The van der Waals surface area contributed by atoms with E-state index in [1.165, 1.54) is 4.90 Å². The molecule has 160 valence electrons. The molecule has 8 nitrogen and oxygen atoms in total. The van der Waals surface area contributed by atoms with Gasteiger partial charge >= 0.3 is 6.09 Å². The summed E-state index contributed by atoms with van der Waals surface area (Å²) in [5.41, 5.74) is -1.49. The Bertz CT molecular complexity index is 628. The van der Waals surface area contributed by atoms with Crippen molar-refractivity contribution in [2.24, 2.45) is 5.92 Å². The highest BCUT2D eigenvalue weighted by Crippen LogP contribution is 2.44. The Hall–Kier alpha value is -1.83. The number of hydrogen-bond acceptors (Lipinski definition) is 5. The number of hydrogen-bond donors (Lipinski definition) is 1. The van der Waals surface area contributed by atoms with Crippen LogP contribution in [0.25, 0.3) is 0 Å². The predicted octanol–water partition coefficient (Wildman–Crippen LogP) is 1.46. The van der Waals surface area contributed by atoms with Crippen LogP contribution in [0.1, 0.15) is 53.4 Å². The maximum Gasteiger partial charge on any atom is 0.411 e. The Labute approximate surface area is 167 Å². The van der Waals surface area contributed by atoms with Gasteiger partial charge in [0.1, 0.15) is 11.1 Å². The van der Waals surface area contributed by atoms with Crippen molar-refractivity contribution in [3.8, 4) is 0 Å². The van der Waals surface area contributed by atoms with Crippen LogP contribution in [0.4, 0.5) is 4.79 Å². The molecular formula is C20H35N3O5. The van der Waals surface area contributed by atoms with Gasteiger partial charge in [-0.15, -0.1) is 0 Å². The number of likely N-dealkylation sites (tertiary alicyclic amines) is 2. The first-order chi connectivity index (χ1) is 12.8. The van der Waals surface area contributed by atoms with Crippen molar-refractivity contribution in [3.63, 3.8) is 0 Å². The Kier molecular flexibility index (Phi) is 6.33. The van der Waals surface area contributed by atoms with Gasteiger partial charge in [0.05, 0.1) is 18.6 Å². The largest absolute Gasteiger partial charge is 0.444 e. The number of ether oxygens (including phenoxy) is 1. The number of rotatable bonds is 5. The van der Waals surface area contributed by atoms with E-state index in [9.17, 15) is 19.5 Å². The summed E-state index contributed by atoms with van der Waals surface area (Å²) in [5.74, 6) is -0.727. The van der Waals surface area contributed by atoms with Crippen molar-refractivity contribution in [3.05, 3.63) is 0 Å². The highest BCUT2D eigenvalue weighted by molar-refractivity contribution is 5.96. The first-order valence-electron chi connectivity index (χ1n) is 9.97. The first kappa shape index (κ1) is 22.5. The van der Waals surface area contributed by atoms with Crippen molar-refractivity contribution >= 4 is 17.9 Å². The number of likely N-dealkylation sites (N-methyl/N-ethyl adjacent to an activating group) is 1. The molecule has 0 aromatic rings. The molecule has 2 aliphatic rings. The molecule has 3 amide bonds. The van der Waals surface area contributed by atoms with E-state index < -0.39 is 29.3 Å². The van der Waals surface area contributed by atoms with E-state index in [2.05, 4.69) is 0 Å². The molecule has 2 unspecified atom stereocenters. The standard InChI is InChI=1S/C20H35N3O5/c1-13(24)15(16(25)21(5)6)9-8-14-10-11-20(12-22(7)17(20)26)23(14)18(27)28-19(2,3)4/h13-15,24H,8-12H2,1-7H3/t13-,14?,15+,20?/m1/s1. The van der Waals surface area contributed by atoms with Crippen LogP contribution < -0.4 is 0 Å². The predicted molar refractivity (Wildman–Crippen MR) is 105 cm³/mol. The van der Waals surface area contributed by atoms with E-state index in [1.807, 2.05) is 0 Å². The van der Waals surface area contributed by atoms with E-state index in [4.69, 9.17) is 4.74 Å². The van der Waals surface area contributed by atoms with E-state index >= 15 is 0 Å². The monoisotopic (exact) mass is 397 g/mol. The molecule has 0 aliphatic carbocycles. The number of aliphatic hydroxyl groups is 1. The minimum absolute atomic E-state index is 0.0581. The molecule has 2 fully saturated rings. The second-order valence-corrected chi connectivity index (χ2v) is 9.39. The Morgan fingerprint density at radius 2 is 1.96 bits per heavy atom. The molecule has 8 heteroatoms.